The van der Waals surface area contributed by atoms with Crippen LogP contribution in [0.4, 0.5) is 0 Å². The van der Waals surface area contributed by atoms with Gasteiger partial charge in [0.2, 0.25) is 0 Å². The average molecular weight is 189 g/mol. The van der Waals surface area contributed by atoms with Crippen LogP contribution in [-0.2, 0) is 10.8 Å². The van der Waals surface area contributed by atoms with Gasteiger partial charge in [-0.15, -0.1) is 0 Å². The van der Waals surface area contributed by atoms with Crippen molar-refractivity contribution in [3.63, 3.8) is 0 Å². The number of nitrogens with zero attached hydrogens (tertiary/aromatic N) is 1. The smallest absolute Gasteiger partial charge is 0.0363 e. The minimum Gasteiger partial charge on any atom is -0.299 e. The molecule has 0 radical (unpaired) electrons. The molecule has 0 bridgehead atoms. The lowest BCUT2D eigenvalue weighted by Gasteiger charge is -2.31. The Hall–Kier alpha value is 0.110. The van der Waals surface area contributed by atoms with E-state index in [0.29, 0.717) is 6.04 Å². The zero-order valence-electron chi connectivity index (χ0n) is 8.08. The largest absolute Gasteiger partial charge is 0.299 e. The van der Waals surface area contributed by atoms with E-state index in [-0.39, 0.29) is 0 Å². The van der Waals surface area contributed by atoms with Gasteiger partial charge in [-0.05, 0) is 13.3 Å². The molecule has 0 aromatic rings. The van der Waals surface area contributed by atoms with Crippen LogP contribution in [0.15, 0.2) is 0 Å². The summed E-state index contributed by atoms with van der Waals surface area (Å²) in [4.78, 5) is 2.46. The second-order valence-corrected chi connectivity index (χ2v) is 5.22. The molecule has 0 amide bonds. The first-order chi connectivity index (χ1) is 5.74. The lowest BCUT2D eigenvalue weighted by molar-refractivity contribution is 0.217. The maximum atomic E-state index is 11.1. The predicted molar refractivity (Wildman–Crippen MR) is 53.8 cm³/mol. The first-order valence-electron chi connectivity index (χ1n) is 4.83. The van der Waals surface area contributed by atoms with E-state index in [4.69, 9.17) is 0 Å². The summed E-state index contributed by atoms with van der Waals surface area (Å²) in [6.07, 6.45) is 2.52. The standard InChI is InChI=1S/C9H19NOS/c1-3-4-9(2)10-5-7-12(11)8-6-10/h9H,3-8H2,1-2H3. The Morgan fingerprint density at radius 1 is 1.42 bits per heavy atom. The fourth-order valence-corrected chi connectivity index (χ4v) is 2.77. The Morgan fingerprint density at radius 3 is 2.50 bits per heavy atom. The Kier molecular flexibility index (Phi) is 4.22. The fraction of sp³-hybridized carbons (Fsp3) is 1.00. The van der Waals surface area contributed by atoms with E-state index >= 15 is 0 Å². The minimum atomic E-state index is -0.523. The molecule has 12 heavy (non-hydrogen) atoms. The highest BCUT2D eigenvalue weighted by Gasteiger charge is 2.18. The Morgan fingerprint density at radius 2 is 2.00 bits per heavy atom. The van der Waals surface area contributed by atoms with Gasteiger partial charge in [-0.25, -0.2) is 0 Å². The first kappa shape index (κ1) is 10.2. The van der Waals surface area contributed by atoms with Crippen LogP contribution in [0, 0.1) is 0 Å². The summed E-state index contributed by atoms with van der Waals surface area (Å²) in [5, 5.41) is 0. The second kappa shape index (κ2) is 4.97. The summed E-state index contributed by atoms with van der Waals surface area (Å²) >= 11 is 0. The summed E-state index contributed by atoms with van der Waals surface area (Å²) in [6, 6.07) is 0.687. The van der Waals surface area contributed by atoms with Crippen molar-refractivity contribution >= 4 is 10.8 Å². The van der Waals surface area contributed by atoms with E-state index in [0.717, 1.165) is 24.6 Å². The van der Waals surface area contributed by atoms with Crippen molar-refractivity contribution in [1.82, 2.24) is 4.90 Å². The molecular formula is C9H19NOS. The summed E-state index contributed by atoms with van der Waals surface area (Å²) in [5.41, 5.74) is 0. The molecule has 0 spiro atoms. The normalized spacial score (nSPS) is 24.2. The Balaban J connectivity index is 2.28. The summed E-state index contributed by atoms with van der Waals surface area (Å²) in [7, 11) is -0.523. The van der Waals surface area contributed by atoms with E-state index in [1.165, 1.54) is 12.8 Å². The molecule has 1 unspecified atom stereocenters. The molecule has 1 aliphatic heterocycles. The molecule has 1 heterocycles. The van der Waals surface area contributed by atoms with Gasteiger partial charge < -0.3 is 0 Å². The third-order valence-corrected chi connectivity index (χ3v) is 3.82. The van der Waals surface area contributed by atoms with Crippen molar-refractivity contribution in [2.75, 3.05) is 24.6 Å². The fourth-order valence-electron chi connectivity index (χ4n) is 1.69. The maximum absolute atomic E-state index is 11.1. The van der Waals surface area contributed by atoms with Crippen LogP contribution >= 0.6 is 0 Å². The van der Waals surface area contributed by atoms with E-state index in [1.807, 2.05) is 0 Å². The van der Waals surface area contributed by atoms with Gasteiger partial charge in [-0.3, -0.25) is 9.11 Å². The molecule has 3 heteroatoms. The molecule has 0 aliphatic carbocycles. The lowest BCUT2D eigenvalue weighted by atomic mass is 10.1. The highest BCUT2D eigenvalue weighted by Crippen LogP contribution is 2.09. The summed E-state index contributed by atoms with van der Waals surface area (Å²) < 4.78 is 11.1. The van der Waals surface area contributed by atoms with Crippen molar-refractivity contribution in [2.24, 2.45) is 0 Å². The van der Waals surface area contributed by atoms with Gasteiger partial charge in [0.05, 0.1) is 0 Å². The molecular weight excluding hydrogens is 170 g/mol. The SMILES string of the molecule is CCCC(C)N1CCS(=O)CC1. The Bertz CT molecular complexity index is 151. The first-order valence-corrected chi connectivity index (χ1v) is 6.32. The van der Waals surface area contributed by atoms with Gasteiger partial charge >= 0.3 is 0 Å². The van der Waals surface area contributed by atoms with Crippen LogP contribution in [0.2, 0.25) is 0 Å². The monoisotopic (exact) mass is 189 g/mol. The second-order valence-electron chi connectivity index (χ2n) is 3.52. The molecule has 72 valence electrons. The molecule has 2 nitrogen and oxygen atoms in total. The van der Waals surface area contributed by atoms with Crippen LogP contribution in [0.3, 0.4) is 0 Å². The minimum absolute atomic E-state index is 0.523. The van der Waals surface area contributed by atoms with Crippen LogP contribution in [0.5, 0.6) is 0 Å². The molecule has 0 aromatic carbocycles. The average Bonchev–Trinajstić information content (AvgIpc) is 2.06. The van der Waals surface area contributed by atoms with Gasteiger partial charge in [0.25, 0.3) is 0 Å². The summed E-state index contributed by atoms with van der Waals surface area (Å²) in [5.74, 6) is 1.77. The van der Waals surface area contributed by atoms with Crippen LogP contribution in [0.1, 0.15) is 26.7 Å². The quantitative estimate of drug-likeness (QED) is 0.666. The van der Waals surface area contributed by atoms with Crippen molar-refractivity contribution in [2.45, 2.75) is 32.7 Å². The molecule has 1 rings (SSSR count). The van der Waals surface area contributed by atoms with Crippen molar-refractivity contribution in [1.29, 1.82) is 0 Å². The molecule has 1 fully saturated rings. The predicted octanol–water partition coefficient (Wildman–Crippen LogP) is 1.24. The third kappa shape index (κ3) is 2.87. The zero-order valence-corrected chi connectivity index (χ0v) is 8.90. The Labute approximate surface area is 77.8 Å². The number of rotatable bonds is 3. The van der Waals surface area contributed by atoms with E-state index in [1.54, 1.807) is 0 Å². The van der Waals surface area contributed by atoms with Gasteiger partial charge in [0.15, 0.2) is 0 Å². The van der Waals surface area contributed by atoms with E-state index in [9.17, 15) is 4.21 Å². The molecule has 1 atom stereocenters. The van der Waals surface area contributed by atoms with Crippen molar-refractivity contribution in [3.8, 4) is 0 Å². The molecule has 0 N–H and O–H groups in total. The van der Waals surface area contributed by atoms with E-state index < -0.39 is 10.8 Å². The molecule has 0 aromatic heterocycles. The molecule has 1 saturated heterocycles. The maximum Gasteiger partial charge on any atom is 0.0363 e. The topological polar surface area (TPSA) is 20.3 Å². The van der Waals surface area contributed by atoms with Crippen molar-refractivity contribution < 1.29 is 4.21 Å². The van der Waals surface area contributed by atoms with Gasteiger partial charge in [0, 0.05) is 41.4 Å². The third-order valence-electron chi connectivity index (χ3n) is 2.54. The molecule has 1 aliphatic rings. The van der Waals surface area contributed by atoms with Gasteiger partial charge in [-0.1, -0.05) is 13.3 Å². The van der Waals surface area contributed by atoms with Crippen molar-refractivity contribution in [3.05, 3.63) is 0 Å². The van der Waals surface area contributed by atoms with Crippen LogP contribution in [0.25, 0.3) is 0 Å². The van der Waals surface area contributed by atoms with Gasteiger partial charge in [-0.2, -0.15) is 0 Å². The van der Waals surface area contributed by atoms with Crippen LogP contribution in [-0.4, -0.2) is 39.7 Å². The lowest BCUT2D eigenvalue weighted by Crippen LogP contribution is -2.43. The van der Waals surface area contributed by atoms with Crippen LogP contribution < -0.4 is 0 Å². The van der Waals surface area contributed by atoms with E-state index in [2.05, 4.69) is 18.7 Å². The number of hydrogen-bond donors (Lipinski definition) is 0. The highest BCUT2D eigenvalue weighted by molar-refractivity contribution is 7.85. The molecule has 0 saturated carbocycles. The zero-order chi connectivity index (χ0) is 8.97. The number of hydrogen-bond acceptors (Lipinski definition) is 2. The van der Waals surface area contributed by atoms with Gasteiger partial charge in [0.1, 0.15) is 0 Å². The summed E-state index contributed by atoms with van der Waals surface area (Å²) in [6.45, 7) is 6.57. The highest BCUT2D eigenvalue weighted by atomic mass is 32.2.